The molecule has 0 aromatic heterocycles. The molecule has 0 bridgehead atoms. The highest BCUT2D eigenvalue weighted by atomic mass is 32.2. The number of hydrogen-bond donors (Lipinski definition) is 3. The Hall–Kier alpha value is -3.43. The van der Waals surface area contributed by atoms with Crippen molar-refractivity contribution in [2.75, 3.05) is 65.2 Å². The maximum Gasteiger partial charge on any atom is 0.239 e. The van der Waals surface area contributed by atoms with Crippen LogP contribution in [0.4, 0.5) is 0 Å². The van der Waals surface area contributed by atoms with E-state index in [-0.39, 0.29) is 69.8 Å². The van der Waals surface area contributed by atoms with Gasteiger partial charge < -0.3 is 48.7 Å². The molecule has 2 saturated carbocycles. The first kappa shape index (κ1) is 49.5. The van der Waals surface area contributed by atoms with Gasteiger partial charge in [-0.25, -0.2) is 0 Å². The average molecular weight is 919 g/mol. The Morgan fingerprint density at radius 3 is 2.48 bits per heavy atom. The molecule has 12 nitrogen and oxygen atoms in total. The van der Waals surface area contributed by atoms with Crippen LogP contribution in [0.3, 0.4) is 0 Å². The quantitative estimate of drug-likeness (QED) is 0.0342. The first-order chi connectivity index (χ1) is 32.0. The minimum atomic E-state index is -1.36. The van der Waals surface area contributed by atoms with Crippen molar-refractivity contribution in [3.8, 4) is 11.5 Å². The molecule has 7 atom stereocenters. The summed E-state index contributed by atoms with van der Waals surface area (Å²) in [4.78, 5) is 24.4. The van der Waals surface area contributed by atoms with E-state index in [1.807, 2.05) is 35.2 Å². The molecule has 0 spiro atoms. The summed E-state index contributed by atoms with van der Waals surface area (Å²) >= 11 is 1.76. The Kier molecular flexibility index (Phi) is 19.5. The van der Waals surface area contributed by atoms with Crippen LogP contribution in [0.25, 0.3) is 0 Å². The van der Waals surface area contributed by atoms with Crippen LogP contribution in [0.1, 0.15) is 114 Å². The minimum absolute atomic E-state index is 0.0136. The molecule has 2 aliphatic heterocycles. The summed E-state index contributed by atoms with van der Waals surface area (Å²) in [6, 6.07) is 15.8. The fraction of sp³-hybridized carbons (Fsp3) is 0.654. The third-order valence-corrected chi connectivity index (χ3v) is 15.1. The zero-order chi connectivity index (χ0) is 45.3. The molecule has 65 heavy (non-hydrogen) atoms. The van der Waals surface area contributed by atoms with Crippen molar-refractivity contribution in [2.24, 2.45) is 28.8 Å². The lowest BCUT2D eigenvalue weighted by Crippen LogP contribution is -2.70. The largest absolute Gasteiger partial charge is 0.493 e. The summed E-state index contributed by atoms with van der Waals surface area (Å²) in [5.74, 6) is 1.01. The van der Waals surface area contributed by atoms with Crippen LogP contribution in [0.5, 0.6) is 11.5 Å². The van der Waals surface area contributed by atoms with E-state index in [1.54, 1.807) is 17.8 Å². The second-order valence-corrected chi connectivity index (χ2v) is 19.5. The van der Waals surface area contributed by atoms with Crippen LogP contribution >= 0.6 is 11.8 Å². The number of ether oxygens (including phenoxy) is 5. The number of unbranched alkanes of at least 4 members (excludes halogenated alkanes) is 2. The van der Waals surface area contributed by atoms with Gasteiger partial charge >= 0.3 is 0 Å². The van der Waals surface area contributed by atoms with Crippen molar-refractivity contribution in [1.29, 1.82) is 0 Å². The second kappa shape index (κ2) is 25.6. The normalized spacial score (nSPS) is 26.8. The number of thioether (sulfide) groups is 1. The maximum atomic E-state index is 15.0. The number of amides is 1. The molecule has 358 valence electrons. The van der Waals surface area contributed by atoms with E-state index in [1.165, 1.54) is 17.7 Å². The molecular weight excluding hydrogens is 845 g/mol. The van der Waals surface area contributed by atoms with Crippen molar-refractivity contribution in [2.45, 2.75) is 132 Å². The van der Waals surface area contributed by atoms with Crippen molar-refractivity contribution < 1.29 is 48.6 Å². The fourth-order valence-corrected chi connectivity index (χ4v) is 11.8. The lowest BCUT2D eigenvalue weighted by Gasteiger charge is -2.60. The predicted molar refractivity (Wildman–Crippen MR) is 253 cm³/mol. The number of nitrogens with zero attached hydrogens (tertiary/aromatic N) is 2. The van der Waals surface area contributed by atoms with Gasteiger partial charge in [-0.3, -0.25) is 4.79 Å². The summed E-state index contributed by atoms with van der Waals surface area (Å²) in [6.07, 6.45) is 17.3. The van der Waals surface area contributed by atoms with E-state index in [2.05, 4.69) is 30.9 Å². The lowest BCUT2D eigenvalue weighted by atomic mass is 9.55. The molecule has 2 aromatic carbocycles. The fourth-order valence-electron chi connectivity index (χ4n) is 11.0. The van der Waals surface area contributed by atoms with Crippen LogP contribution < -0.4 is 9.47 Å². The molecule has 2 heterocycles. The Balaban J connectivity index is 1.35. The van der Waals surface area contributed by atoms with Crippen LogP contribution in [0.15, 0.2) is 82.9 Å². The first-order valence-corrected chi connectivity index (χ1v) is 25.6. The van der Waals surface area contributed by atoms with E-state index in [9.17, 15) is 20.1 Å². The number of benzene rings is 2. The van der Waals surface area contributed by atoms with Gasteiger partial charge in [0.25, 0.3) is 0 Å². The molecule has 0 radical (unpaired) electrons. The molecule has 3 N–H and O–H groups in total. The van der Waals surface area contributed by atoms with Crippen LogP contribution in [-0.2, 0) is 23.8 Å². The summed E-state index contributed by atoms with van der Waals surface area (Å²) in [5.41, 5.74) is 2.76. The Bertz CT molecular complexity index is 1830. The first-order valence-electron chi connectivity index (χ1n) is 24.6. The third kappa shape index (κ3) is 12.8. The standard InChI is InChI=1S/C52H74N2O10S/c1-2-29-62-52-47(54(25-31-59-32-28-57)48(58)24-21-38-14-6-7-15-38)37-45(53-64-49-20-10-13-30-61-49)43-35-39(16-8-11-26-55)42(19-9-12-27-56)50(51(43)52)44-36-40(22-23-46(44)63-52)60-33-34-65-41-17-4-3-5-18-41/h2-5,17-18,22-23,35-36,38-39,42,47,49-51,55-57H,1,6-16,19-21,24-34,37H2/t39-,42+,47-,49?,50+,51+,52+/m0/s1. The molecule has 3 fully saturated rings. The number of aliphatic hydroxyl groups excluding tert-OH is 3. The zero-order valence-electron chi connectivity index (χ0n) is 38.4. The van der Waals surface area contributed by atoms with E-state index in [4.69, 9.17) is 33.7 Å². The van der Waals surface area contributed by atoms with Crippen LogP contribution in [0, 0.1) is 23.7 Å². The number of carbonyl (C=O) groups is 1. The molecule has 1 amide bonds. The van der Waals surface area contributed by atoms with Crippen molar-refractivity contribution in [3.63, 3.8) is 0 Å². The number of aliphatic hydroxyl groups is 3. The highest BCUT2D eigenvalue weighted by molar-refractivity contribution is 7.99. The van der Waals surface area contributed by atoms with E-state index in [0.717, 1.165) is 92.6 Å². The Labute approximate surface area is 391 Å². The lowest BCUT2D eigenvalue weighted by molar-refractivity contribution is -0.258. The van der Waals surface area contributed by atoms with Crippen molar-refractivity contribution in [3.05, 3.63) is 78.4 Å². The van der Waals surface area contributed by atoms with Gasteiger partial charge in [-0.1, -0.05) is 74.0 Å². The number of oxime groups is 1. The maximum absolute atomic E-state index is 15.0. The summed E-state index contributed by atoms with van der Waals surface area (Å²) < 4.78 is 33.1. The number of carbonyl (C=O) groups excluding carboxylic acids is 1. The second-order valence-electron chi connectivity index (χ2n) is 18.3. The third-order valence-electron chi connectivity index (χ3n) is 14.1. The predicted octanol–water partition coefficient (Wildman–Crippen LogP) is 8.83. The van der Waals surface area contributed by atoms with E-state index >= 15 is 0 Å². The minimum Gasteiger partial charge on any atom is -0.493 e. The van der Waals surface area contributed by atoms with E-state index < -0.39 is 24.0 Å². The van der Waals surface area contributed by atoms with Crippen LogP contribution in [-0.4, -0.2) is 115 Å². The summed E-state index contributed by atoms with van der Waals surface area (Å²) in [5, 5.41) is 34.7. The van der Waals surface area contributed by atoms with Gasteiger partial charge in [-0.2, -0.15) is 0 Å². The highest BCUT2D eigenvalue weighted by Gasteiger charge is 2.65. The van der Waals surface area contributed by atoms with Gasteiger partial charge in [-0.15, -0.1) is 18.3 Å². The molecule has 3 aliphatic carbocycles. The molecular formula is C52H74N2O10S. The molecule has 1 saturated heterocycles. The van der Waals surface area contributed by atoms with Crippen LogP contribution in [0.2, 0.25) is 0 Å². The average Bonchev–Trinajstić information content (AvgIpc) is 3.87. The highest BCUT2D eigenvalue weighted by Crippen LogP contribution is 2.62. The molecule has 7 rings (SSSR count). The molecule has 5 aliphatic rings. The number of rotatable bonds is 27. The van der Waals surface area contributed by atoms with Gasteiger partial charge in [0.1, 0.15) is 17.5 Å². The Morgan fingerprint density at radius 2 is 1.72 bits per heavy atom. The number of hydrogen-bond acceptors (Lipinski definition) is 12. The van der Waals surface area contributed by atoms with Gasteiger partial charge in [0.15, 0.2) is 0 Å². The molecule has 13 heteroatoms. The molecule has 2 aromatic rings. The van der Waals surface area contributed by atoms with Gasteiger partial charge in [0.05, 0.1) is 51.3 Å². The van der Waals surface area contributed by atoms with Crippen molar-refractivity contribution in [1.82, 2.24) is 4.90 Å². The van der Waals surface area contributed by atoms with Gasteiger partial charge in [0.2, 0.25) is 18.0 Å². The Morgan fingerprint density at radius 1 is 0.923 bits per heavy atom. The SMILES string of the molecule is C=CCO[C@@]12Oc3ccc(OCCSc4ccccc4)cc3[C@H]3[C@H](CCCCO)[C@@H](CCCCO)C=C(C(=NOC4CCCCO4)C[C@@H]1N(CCOCCO)C(=O)CCC1CCCC1)[C@H]32. The number of fused-ring (bicyclic) bond motifs is 2. The monoisotopic (exact) mass is 919 g/mol. The number of allylic oxidation sites excluding steroid dienone is 1. The van der Waals surface area contributed by atoms with Gasteiger partial charge in [0, 0.05) is 61.2 Å². The molecule has 1 unspecified atom stereocenters. The summed E-state index contributed by atoms with van der Waals surface area (Å²) in [6.45, 7) is 6.19. The van der Waals surface area contributed by atoms with E-state index in [0.29, 0.717) is 50.6 Å². The topological polar surface area (TPSA) is 149 Å². The zero-order valence-corrected chi connectivity index (χ0v) is 39.2. The van der Waals surface area contributed by atoms with Crippen molar-refractivity contribution >= 4 is 23.4 Å². The van der Waals surface area contributed by atoms with Gasteiger partial charge in [-0.05, 0) is 98.6 Å². The smallest absolute Gasteiger partial charge is 0.239 e. The summed E-state index contributed by atoms with van der Waals surface area (Å²) in [7, 11) is 0.